The molecule has 3 N–H and O–H groups in total. The molecule has 0 radical (unpaired) electrons. The Morgan fingerprint density at radius 2 is 1.78 bits per heavy atom. The predicted octanol–water partition coefficient (Wildman–Crippen LogP) is 4.26. The molecule has 1 amide bonds. The summed E-state index contributed by atoms with van der Waals surface area (Å²) in [5.41, 5.74) is 7.17. The first-order valence-electron chi connectivity index (χ1n) is 10.7. The van der Waals surface area contributed by atoms with E-state index in [0.29, 0.717) is 30.8 Å². The number of alkyl halides is 2. The number of anilines is 1. The maximum atomic E-state index is 13.9. The topological polar surface area (TPSA) is 71.2 Å². The van der Waals surface area contributed by atoms with Gasteiger partial charge in [0.2, 0.25) is 5.92 Å². The molecule has 2 aliphatic rings. The number of halogens is 4. The summed E-state index contributed by atoms with van der Waals surface area (Å²) in [7, 11) is 0. The molecule has 4 rings (SSSR count). The molecule has 9 heteroatoms. The highest BCUT2D eigenvalue weighted by Gasteiger charge is 2.37. The van der Waals surface area contributed by atoms with Gasteiger partial charge in [0.1, 0.15) is 11.6 Å². The number of nitrogens with one attached hydrogen (secondary N) is 1. The van der Waals surface area contributed by atoms with Crippen LogP contribution in [-0.4, -0.2) is 41.5 Å². The van der Waals surface area contributed by atoms with Crippen LogP contribution >= 0.6 is 0 Å². The Kier molecular flexibility index (Phi) is 5.87. The first-order chi connectivity index (χ1) is 15.0. The number of hydrogen-bond acceptors (Lipinski definition) is 4. The van der Waals surface area contributed by atoms with E-state index < -0.39 is 29.0 Å². The van der Waals surface area contributed by atoms with Gasteiger partial charge in [-0.25, -0.2) is 17.6 Å². The zero-order valence-corrected chi connectivity index (χ0v) is 17.8. The minimum absolute atomic E-state index is 0.181. The standard InChI is InChI=1S/C23H26F4N4O/c1-22(28)6-7-31(13-22)20-18(14-8-15(24)10-16(25)9-14)11-29-12-19(20)21(32)30-17-2-4-23(26,27)5-3-17/h8-12,17H,2-7,13,28H2,1H3,(H,30,32). The van der Waals surface area contributed by atoms with Crippen LogP contribution in [0.25, 0.3) is 11.1 Å². The van der Waals surface area contributed by atoms with Crippen molar-refractivity contribution in [2.45, 2.75) is 56.5 Å². The fraction of sp³-hybridized carbons (Fsp3) is 0.478. The molecule has 5 nitrogen and oxygen atoms in total. The largest absolute Gasteiger partial charge is 0.368 e. The Bertz CT molecular complexity index is 997. The highest BCUT2D eigenvalue weighted by Crippen LogP contribution is 2.38. The first kappa shape index (κ1) is 22.5. The molecule has 0 bridgehead atoms. The number of nitrogens with two attached hydrogens (primary N) is 1. The van der Waals surface area contributed by atoms with Crippen LogP contribution in [0.2, 0.25) is 0 Å². The lowest BCUT2D eigenvalue weighted by molar-refractivity contribution is -0.0399. The molecule has 0 spiro atoms. The summed E-state index contributed by atoms with van der Waals surface area (Å²) in [4.78, 5) is 19.2. The van der Waals surface area contributed by atoms with Crippen LogP contribution in [-0.2, 0) is 0 Å². The molecule has 1 atom stereocenters. The molecule has 1 aromatic heterocycles. The monoisotopic (exact) mass is 450 g/mol. The lowest BCUT2D eigenvalue weighted by Gasteiger charge is -2.30. The van der Waals surface area contributed by atoms with Crippen molar-refractivity contribution < 1.29 is 22.4 Å². The summed E-state index contributed by atoms with van der Waals surface area (Å²) >= 11 is 0. The maximum absolute atomic E-state index is 13.9. The third-order valence-electron chi connectivity index (χ3n) is 6.21. The van der Waals surface area contributed by atoms with Gasteiger partial charge in [-0.3, -0.25) is 9.78 Å². The van der Waals surface area contributed by atoms with Crippen LogP contribution in [0.15, 0.2) is 30.6 Å². The molecule has 1 aromatic carbocycles. The van der Waals surface area contributed by atoms with Crippen molar-refractivity contribution in [3.8, 4) is 11.1 Å². The van der Waals surface area contributed by atoms with E-state index in [9.17, 15) is 22.4 Å². The predicted molar refractivity (Wildman–Crippen MR) is 114 cm³/mol. The molecule has 172 valence electrons. The maximum Gasteiger partial charge on any atom is 0.255 e. The number of pyridine rings is 1. The minimum Gasteiger partial charge on any atom is -0.368 e. The quantitative estimate of drug-likeness (QED) is 0.683. The highest BCUT2D eigenvalue weighted by molar-refractivity contribution is 6.03. The number of carbonyl (C=O) groups excluding carboxylic acids is 1. The molecule has 1 saturated heterocycles. The summed E-state index contributed by atoms with van der Waals surface area (Å²) in [5.74, 6) is -4.63. The smallest absolute Gasteiger partial charge is 0.255 e. The van der Waals surface area contributed by atoms with E-state index in [1.165, 1.54) is 24.5 Å². The van der Waals surface area contributed by atoms with Crippen LogP contribution < -0.4 is 16.0 Å². The van der Waals surface area contributed by atoms with E-state index in [2.05, 4.69) is 10.3 Å². The summed E-state index contributed by atoms with van der Waals surface area (Å²) < 4.78 is 54.8. The van der Waals surface area contributed by atoms with Gasteiger partial charge in [-0.1, -0.05) is 0 Å². The van der Waals surface area contributed by atoms with E-state index in [4.69, 9.17) is 5.73 Å². The van der Waals surface area contributed by atoms with Crippen molar-refractivity contribution in [1.29, 1.82) is 0 Å². The molecule has 1 unspecified atom stereocenters. The zero-order valence-electron chi connectivity index (χ0n) is 17.8. The second-order valence-electron chi connectivity index (χ2n) is 9.17. The first-order valence-corrected chi connectivity index (χ1v) is 10.7. The molecular weight excluding hydrogens is 424 g/mol. The highest BCUT2D eigenvalue weighted by atomic mass is 19.3. The number of aromatic nitrogens is 1. The Morgan fingerprint density at radius 3 is 2.38 bits per heavy atom. The van der Waals surface area contributed by atoms with E-state index in [0.717, 1.165) is 6.07 Å². The molecule has 1 aliphatic carbocycles. The summed E-state index contributed by atoms with van der Waals surface area (Å²) in [6.07, 6.45) is 3.35. The fourth-order valence-electron chi connectivity index (χ4n) is 4.50. The second-order valence-corrected chi connectivity index (χ2v) is 9.17. The molecule has 32 heavy (non-hydrogen) atoms. The van der Waals surface area contributed by atoms with Gasteiger partial charge < -0.3 is 16.0 Å². The third-order valence-corrected chi connectivity index (χ3v) is 6.21. The van der Waals surface area contributed by atoms with Gasteiger partial charge >= 0.3 is 0 Å². The van der Waals surface area contributed by atoms with E-state index in [1.54, 1.807) is 0 Å². The summed E-state index contributed by atoms with van der Waals surface area (Å²) in [6, 6.07) is 2.78. The molecule has 1 saturated carbocycles. The van der Waals surface area contributed by atoms with Crippen LogP contribution in [0.1, 0.15) is 49.4 Å². The van der Waals surface area contributed by atoms with Crippen molar-refractivity contribution >= 4 is 11.6 Å². The van der Waals surface area contributed by atoms with Crippen LogP contribution in [0.3, 0.4) is 0 Å². The van der Waals surface area contributed by atoms with Gasteiger partial charge in [-0.2, -0.15) is 0 Å². The Hall–Kier alpha value is -2.68. The lowest BCUT2D eigenvalue weighted by Crippen LogP contribution is -2.42. The Morgan fingerprint density at radius 1 is 1.12 bits per heavy atom. The summed E-state index contributed by atoms with van der Waals surface area (Å²) in [5, 5.41) is 2.84. The normalized spacial score (nSPS) is 23.4. The fourth-order valence-corrected chi connectivity index (χ4v) is 4.50. The lowest BCUT2D eigenvalue weighted by atomic mass is 9.92. The summed E-state index contributed by atoms with van der Waals surface area (Å²) in [6.45, 7) is 2.90. The Balaban J connectivity index is 1.71. The van der Waals surface area contributed by atoms with Gasteiger partial charge in [-0.05, 0) is 43.9 Å². The van der Waals surface area contributed by atoms with E-state index in [1.807, 2.05) is 11.8 Å². The van der Waals surface area contributed by atoms with Crippen LogP contribution in [0.5, 0.6) is 0 Å². The van der Waals surface area contributed by atoms with Gasteiger partial charge in [0.15, 0.2) is 0 Å². The van der Waals surface area contributed by atoms with Gasteiger partial charge in [-0.15, -0.1) is 0 Å². The van der Waals surface area contributed by atoms with Crippen molar-refractivity contribution in [2.24, 2.45) is 5.73 Å². The molecule has 2 aromatic rings. The van der Waals surface area contributed by atoms with Crippen LogP contribution in [0.4, 0.5) is 23.2 Å². The van der Waals surface area contributed by atoms with E-state index >= 15 is 0 Å². The second kappa shape index (κ2) is 8.35. The molecule has 1 aliphatic heterocycles. The number of nitrogens with zero attached hydrogens (tertiary/aromatic N) is 2. The molecular formula is C23H26F4N4O. The van der Waals surface area contributed by atoms with Crippen molar-refractivity contribution in [1.82, 2.24) is 10.3 Å². The average molecular weight is 450 g/mol. The van der Waals surface area contributed by atoms with Crippen molar-refractivity contribution in [2.75, 3.05) is 18.0 Å². The van der Waals surface area contributed by atoms with Crippen molar-refractivity contribution in [3.63, 3.8) is 0 Å². The Labute approximate surface area is 184 Å². The van der Waals surface area contributed by atoms with Crippen molar-refractivity contribution in [3.05, 3.63) is 47.8 Å². The minimum atomic E-state index is -2.70. The van der Waals surface area contributed by atoms with Crippen LogP contribution in [0, 0.1) is 11.6 Å². The SMILES string of the molecule is CC1(N)CCN(c2c(C(=O)NC3CCC(F)(F)CC3)cncc2-c2cc(F)cc(F)c2)C1. The van der Waals surface area contributed by atoms with E-state index in [-0.39, 0.29) is 42.9 Å². The molecule has 2 fully saturated rings. The zero-order chi connectivity index (χ0) is 23.1. The third kappa shape index (κ3) is 4.87. The van der Waals surface area contributed by atoms with Gasteiger partial charge in [0, 0.05) is 61.5 Å². The number of benzene rings is 1. The number of carbonyl (C=O) groups is 1. The van der Waals surface area contributed by atoms with Gasteiger partial charge in [0.25, 0.3) is 5.91 Å². The average Bonchev–Trinajstić information content (AvgIpc) is 3.07. The number of rotatable bonds is 4. The number of amides is 1. The molecule has 2 heterocycles. The van der Waals surface area contributed by atoms with Gasteiger partial charge in [0.05, 0.1) is 11.3 Å². The number of hydrogen-bond donors (Lipinski definition) is 2.